The number of fused-ring (bicyclic) bond motifs is 2. The molecule has 2 atom stereocenters. The number of benzene rings is 3. The molecule has 0 radical (unpaired) electrons. The number of thioether (sulfide) groups is 2. The number of likely N-dealkylation sites (tertiary alicyclic amines) is 2. The molecule has 4 aliphatic heterocycles. The van der Waals surface area contributed by atoms with Gasteiger partial charge < -0.3 is 44.0 Å². The van der Waals surface area contributed by atoms with Gasteiger partial charge in [0.25, 0.3) is 11.8 Å². The number of anilines is 1. The molecule has 0 aromatic heterocycles. The van der Waals surface area contributed by atoms with E-state index in [1.165, 1.54) is 48.4 Å². The maximum absolute atomic E-state index is 14.8. The van der Waals surface area contributed by atoms with Crippen LogP contribution < -0.4 is 10.2 Å². The predicted molar refractivity (Wildman–Crippen MR) is 327 cm³/mol. The summed E-state index contributed by atoms with van der Waals surface area (Å²) in [6, 6.07) is 11.8. The second kappa shape index (κ2) is 27.3. The molecule has 16 nitrogen and oxygen atoms in total. The summed E-state index contributed by atoms with van der Waals surface area (Å²) in [6.45, 7) is 18.7. The number of nitrogens with zero attached hydrogens (tertiary/aromatic N) is 5. The molecular formula is C65H84F6N6O10S2. The Bertz CT molecular complexity index is 3120. The van der Waals surface area contributed by atoms with E-state index in [0.717, 1.165) is 55.1 Å². The molecule has 6 aliphatic rings. The van der Waals surface area contributed by atoms with Gasteiger partial charge >= 0.3 is 30.6 Å². The van der Waals surface area contributed by atoms with E-state index in [9.17, 15) is 59.9 Å². The van der Waals surface area contributed by atoms with Crippen molar-refractivity contribution >= 4 is 71.0 Å². The van der Waals surface area contributed by atoms with E-state index in [1.54, 1.807) is 69.2 Å². The summed E-state index contributed by atoms with van der Waals surface area (Å²) in [5.41, 5.74) is -3.00. The van der Waals surface area contributed by atoms with Crippen LogP contribution in [0.5, 0.6) is 0 Å². The fourth-order valence-corrected chi connectivity index (χ4v) is 16.0. The van der Waals surface area contributed by atoms with Crippen molar-refractivity contribution in [1.82, 2.24) is 24.9 Å². The van der Waals surface area contributed by atoms with Crippen molar-refractivity contribution in [2.75, 3.05) is 44.2 Å². The first-order valence-corrected chi connectivity index (χ1v) is 32.5. The van der Waals surface area contributed by atoms with Gasteiger partial charge in [-0.15, -0.1) is 23.5 Å². The second-order valence-corrected chi connectivity index (χ2v) is 29.4. The first-order chi connectivity index (χ1) is 41.6. The minimum Gasteiger partial charge on any atom is -0.445 e. The van der Waals surface area contributed by atoms with Crippen LogP contribution in [0, 0.1) is 0 Å². The maximum atomic E-state index is 14.8. The van der Waals surface area contributed by atoms with Crippen LogP contribution in [0.4, 0.5) is 46.4 Å². The van der Waals surface area contributed by atoms with Gasteiger partial charge in [0.2, 0.25) is 5.91 Å². The lowest BCUT2D eigenvalue weighted by atomic mass is 9.91. The number of rotatable bonds is 11. The zero-order chi connectivity index (χ0) is 65.2. The van der Waals surface area contributed by atoms with Crippen LogP contribution in [0.3, 0.4) is 0 Å². The number of alkyl carbamates (subject to hydrolysis) is 1. The number of ether oxygens (including phenoxy) is 3. The molecule has 9 rings (SSSR count). The van der Waals surface area contributed by atoms with Crippen molar-refractivity contribution in [3.8, 4) is 0 Å². The van der Waals surface area contributed by atoms with Crippen LogP contribution in [0.2, 0.25) is 0 Å². The molecule has 3 aromatic carbocycles. The first kappa shape index (κ1) is 68.7. The number of hydrogen-bond acceptors (Lipinski definition) is 12. The number of ketones is 1. The van der Waals surface area contributed by atoms with Crippen molar-refractivity contribution < 1.29 is 74.1 Å². The zero-order valence-electron chi connectivity index (χ0n) is 52.6. The highest BCUT2D eigenvalue weighted by Gasteiger charge is 2.52. The van der Waals surface area contributed by atoms with E-state index in [-0.39, 0.29) is 61.5 Å². The van der Waals surface area contributed by atoms with Gasteiger partial charge in [-0.25, -0.2) is 14.4 Å². The Labute approximate surface area is 526 Å². The van der Waals surface area contributed by atoms with Crippen LogP contribution in [0.1, 0.15) is 189 Å². The number of carbonyl (C=O) groups excluding carboxylic acids is 7. The van der Waals surface area contributed by atoms with Crippen molar-refractivity contribution in [2.45, 2.75) is 226 Å². The minimum absolute atomic E-state index is 0.0233. The van der Waals surface area contributed by atoms with Crippen molar-refractivity contribution in [3.63, 3.8) is 0 Å². The molecule has 4 heterocycles. The van der Waals surface area contributed by atoms with Crippen molar-refractivity contribution in [2.24, 2.45) is 0 Å². The number of piperidine rings is 2. The molecule has 0 bridgehead atoms. The van der Waals surface area contributed by atoms with E-state index in [2.05, 4.69) is 5.32 Å². The molecule has 2 saturated carbocycles. The molecule has 2 aliphatic carbocycles. The monoisotopic (exact) mass is 1290 g/mol. The van der Waals surface area contributed by atoms with Gasteiger partial charge in [-0.3, -0.25) is 19.2 Å². The standard InChI is InChI=1S/C37H47F3N4O6S.C28H37F3N2O4S/c1-24(2)44(26-14-11-18-42(22-26)34(48)50-35(3,4)5)31(45)27-20-29-30(21-28(27)37(38,39)40)51-36(15-9-10-16-36)32(46)43(29)19-17-41-33(47)49-23-25-12-7-6-8-13-25;1-17(2)33(19-9-8-12-32(16-19)25(36)37-26(3,4)5)24(35)20-13-18-14-23(34)27(10-6-7-11-27)38-22(18)15-21(20)28(29,30)31/h6-8,12-13,20-21,24,26H,9-11,14-19,22-23H2,1-5H3,(H,41,47);13,15,17,19H,6-12,14,16H2,1-5H3/t26-;19-/m11/s1. The quantitative estimate of drug-likeness (QED) is 0.142. The van der Waals surface area contributed by atoms with Gasteiger partial charge in [0, 0.05) is 67.6 Å². The van der Waals surface area contributed by atoms with E-state index in [4.69, 9.17) is 14.2 Å². The highest BCUT2D eigenvalue weighted by atomic mass is 32.2. The largest absolute Gasteiger partial charge is 0.445 e. The van der Waals surface area contributed by atoms with Crippen LogP contribution >= 0.6 is 23.5 Å². The van der Waals surface area contributed by atoms with Crippen LogP contribution in [-0.4, -0.2) is 146 Å². The Hall–Kier alpha value is -6.17. The molecule has 0 unspecified atom stereocenters. The molecule has 488 valence electrons. The Morgan fingerprint density at radius 1 is 0.640 bits per heavy atom. The normalized spacial score (nSPS) is 20.0. The highest BCUT2D eigenvalue weighted by Crippen LogP contribution is 2.55. The lowest BCUT2D eigenvalue weighted by Crippen LogP contribution is -2.55. The van der Waals surface area contributed by atoms with Crippen LogP contribution in [-0.2, 0) is 49.2 Å². The smallest absolute Gasteiger partial charge is 0.417 e. The van der Waals surface area contributed by atoms with Gasteiger partial charge in [0.15, 0.2) is 5.78 Å². The van der Waals surface area contributed by atoms with Gasteiger partial charge in [0.05, 0.1) is 49.5 Å². The average Bonchev–Trinajstić information content (AvgIpc) is 1.71. The number of halogens is 6. The summed E-state index contributed by atoms with van der Waals surface area (Å²) in [6.07, 6.45) is -3.42. The van der Waals surface area contributed by atoms with E-state index in [1.807, 2.05) is 30.3 Å². The number of alkyl halides is 6. The molecule has 24 heteroatoms. The first-order valence-electron chi connectivity index (χ1n) is 30.9. The van der Waals surface area contributed by atoms with Crippen molar-refractivity contribution in [1.29, 1.82) is 0 Å². The Morgan fingerprint density at radius 2 is 1.10 bits per heavy atom. The van der Waals surface area contributed by atoms with Gasteiger partial charge in [-0.1, -0.05) is 56.0 Å². The Morgan fingerprint density at radius 3 is 1.57 bits per heavy atom. The predicted octanol–water partition coefficient (Wildman–Crippen LogP) is 14.1. The Balaban J connectivity index is 0.000000240. The molecule has 2 spiro atoms. The number of amides is 6. The van der Waals surface area contributed by atoms with Gasteiger partial charge in [0.1, 0.15) is 17.8 Å². The highest BCUT2D eigenvalue weighted by molar-refractivity contribution is 8.02. The molecule has 6 amide bonds. The molecule has 4 fully saturated rings. The van der Waals surface area contributed by atoms with E-state index >= 15 is 0 Å². The molecular weight excluding hydrogens is 1200 g/mol. The third-order valence-corrected chi connectivity index (χ3v) is 20.0. The fraction of sp³-hybridized carbons (Fsp3) is 0.615. The molecule has 3 aromatic rings. The molecule has 89 heavy (non-hydrogen) atoms. The van der Waals surface area contributed by atoms with E-state index in [0.29, 0.717) is 74.9 Å². The number of carbonyl (C=O) groups is 7. The SMILES string of the molecule is CC(C)N(C(=O)c1cc2c(cc1C(F)(F)F)SC1(CCCC1)C(=O)C2)[C@@H]1CCCN(C(=O)OC(C)(C)C)C1.CC(C)N(C(=O)c1cc2c(cc1C(F)(F)F)SC1(CCCC1)C(=O)N2CCNC(=O)OCc1ccccc1)[C@@H]1CCCN(C(=O)OC(C)(C)C)C1. The third-order valence-electron chi connectivity index (χ3n) is 16.9. The molecule has 1 N–H and O–H groups in total. The number of nitrogens with one attached hydrogen (secondary N) is 1. The lowest BCUT2D eigenvalue weighted by molar-refractivity contribution is -0.139. The summed E-state index contributed by atoms with van der Waals surface area (Å²) in [7, 11) is 0. The summed E-state index contributed by atoms with van der Waals surface area (Å²) in [5, 5.41) is 2.65. The number of Topliss-reactive ketones (excluding diaryl/α,β-unsaturated/α-hetero) is 1. The number of hydrogen-bond donors (Lipinski definition) is 1. The van der Waals surface area contributed by atoms with E-state index < -0.39 is 110 Å². The summed E-state index contributed by atoms with van der Waals surface area (Å²) in [4.78, 5) is 102. The second-order valence-electron chi connectivity index (χ2n) is 26.6. The Kier molecular flexibility index (Phi) is 21.1. The topological polar surface area (TPSA) is 175 Å². The van der Waals surface area contributed by atoms with Gasteiger partial charge in [-0.2, -0.15) is 26.3 Å². The lowest BCUT2D eigenvalue weighted by Gasteiger charge is -2.43. The summed E-state index contributed by atoms with van der Waals surface area (Å²) in [5.74, 6) is -1.79. The third kappa shape index (κ3) is 16.3. The fourth-order valence-electron chi connectivity index (χ4n) is 12.9. The van der Waals surface area contributed by atoms with Crippen molar-refractivity contribution in [3.05, 3.63) is 88.0 Å². The summed E-state index contributed by atoms with van der Waals surface area (Å²) < 4.78 is 102. The summed E-state index contributed by atoms with van der Waals surface area (Å²) >= 11 is 2.38. The van der Waals surface area contributed by atoms with Crippen LogP contribution in [0.25, 0.3) is 0 Å². The molecule has 2 saturated heterocycles. The minimum atomic E-state index is -4.86. The maximum Gasteiger partial charge on any atom is 0.417 e. The van der Waals surface area contributed by atoms with Crippen LogP contribution in [0.15, 0.2) is 64.4 Å². The average molecular weight is 1290 g/mol. The van der Waals surface area contributed by atoms with Gasteiger partial charge in [-0.05, 0) is 156 Å². The zero-order valence-corrected chi connectivity index (χ0v) is 54.2.